The molecule has 0 unspecified atom stereocenters. The molecule has 0 aromatic rings. The molecule has 0 aliphatic carbocycles. The minimum Gasteiger partial charge on any atom is -0.283 e. The molecular formula is C11H21F2O+. The highest BCUT2D eigenvalue weighted by Gasteiger charge is 2.30. The summed E-state index contributed by atoms with van der Waals surface area (Å²) in [5.74, 6) is -2.26. The lowest BCUT2D eigenvalue weighted by atomic mass is 9.87. The summed E-state index contributed by atoms with van der Waals surface area (Å²) in [6.45, 7) is 7.11. The summed E-state index contributed by atoms with van der Waals surface area (Å²) in [7, 11) is 0. The first-order valence-corrected chi connectivity index (χ1v) is 5.12. The molecule has 0 saturated carbocycles. The van der Waals surface area contributed by atoms with E-state index in [1.54, 1.807) is 0 Å². The van der Waals surface area contributed by atoms with Crippen molar-refractivity contribution in [2.75, 3.05) is 0 Å². The van der Waals surface area contributed by atoms with Crippen LogP contribution in [0.4, 0.5) is 8.78 Å². The van der Waals surface area contributed by atoms with Gasteiger partial charge in [0.1, 0.15) is 0 Å². The quantitative estimate of drug-likeness (QED) is 0.612. The maximum Gasteiger partial charge on any atom is 0.298 e. The van der Waals surface area contributed by atoms with E-state index in [0.29, 0.717) is 18.6 Å². The van der Waals surface area contributed by atoms with Crippen LogP contribution in [-0.4, -0.2) is 16.5 Å². The molecule has 14 heavy (non-hydrogen) atoms. The maximum absolute atomic E-state index is 12.8. The van der Waals surface area contributed by atoms with Crippen LogP contribution in [0.2, 0.25) is 0 Å². The van der Waals surface area contributed by atoms with Gasteiger partial charge in [-0.15, -0.1) is 0 Å². The largest absolute Gasteiger partial charge is 0.298 e. The van der Waals surface area contributed by atoms with Crippen molar-refractivity contribution >= 4 is 5.78 Å². The maximum atomic E-state index is 12.8. The first-order chi connectivity index (χ1) is 6.19. The summed E-state index contributed by atoms with van der Waals surface area (Å²) in [5, 5.41) is 0. The highest BCUT2D eigenvalue weighted by Crippen LogP contribution is 2.26. The Bertz CT molecular complexity index is 192. The number of hydrogen-bond donors (Lipinski definition) is 0. The third-order valence-electron chi connectivity index (χ3n) is 2.34. The molecule has 84 valence electrons. The Hall–Kier alpha value is -0.470. The Kier molecular flexibility index (Phi) is 4.69. The second-order valence-corrected chi connectivity index (χ2v) is 4.76. The van der Waals surface area contributed by atoms with E-state index < -0.39 is 5.92 Å². The fraction of sp³-hybridized carbons (Fsp3) is 0.909. The third-order valence-corrected chi connectivity index (χ3v) is 2.34. The fourth-order valence-corrected chi connectivity index (χ4v) is 1.07. The number of ketones is 1. The molecule has 0 radical (unpaired) electrons. The van der Waals surface area contributed by atoms with Crippen molar-refractivity contribution in [3.05, 3.63) is 0 Å². The summed E-state index contributed by atoms with van der Waals surface area (Å²) < 4.78 is 25.6. The summed E-state index contributed by atoms with van der Waals surface area (Å²) in [6, 6.07) is 0. The van der Waals surface area contributed by atoms with Crippen LogP contribution < -0.4 is 0 Å². The van der Waals surface area contributed by atoms with E-state index in [2.05, 4.69) is 0 Å². The Morgan fingerprint density at radius 3 is 2.07 bits per heavy atom. The number of alkyl halides is 2. The van der Waals surface area contributed by atoms with E-state index >= 15 is 0 Å². The van der Waals surface area contributed by atoms with Crippen LogP contribution in [0.1, 0.15) is 53.4 Å². The van der Waals surface area contributed by atoms with Gasteiger partial charge in [-0.3, -0.25) is 4.79 Å². The second-order valence-electron chi connectivity index (χ2n) is 4.76. The molecule has 0 fully saturated rings. The molecule has 0 spiro atoms. The van der Waals surface area contributed by atoms with E-state index in [1.807, 2.05) is 20.8 Å². The predicted octanol–water partition coefficient (Wildman–Crippen LogP) is 3.79. The zero-order valence-corrected chi connectivity index (χ0v) is 9.53. The van der Waals surface area contributed by atoms with Crippen molar-refractivity contribution in [3.63, 3.8) is 0 Å². The van der Waals surface area contributed by atoms with Gasteiger partial charge in [0.15, 0.2) is 0 Å². The first-order valence-electron chi connectivity index (χ1n) is 5.12. The second kappa shape index (κ2) is 4.85. The van der Waals surface area contributed by atoms with E-state index in [0.717, 1.165) is 0 Å². The van der Waals surface area contributed by atoms with Crippen LogP contribution in [0, 0.1) is 5.41 Å². The molecule has 0 bridgehead atoms. The number of halogens is 2. The van der Waals surface area contributed by atoms with E-state index in [1.165, 1.54) is 6.92 Å². The molecule has 1 N–H and O–H groups in total. The molecule has 0 heterocycles. The molecule has 0 atom stereocenters. The van der Waals surface area contributed by atoms with Gasteiger partial charge in [-0.2, -0.15) is 0 Å². The van der Waals surface area contributed by atoms with Crippen molar-refractivity contribution in [2.45, 2.75) is 59.3 Å². The van der Waals surface area contributed by atoms with Crippen LogP contribution in [0.5, 0.6) is 0 Å². The predicted molar refractivity (Wildman–Crippen MR) is 55.5 cm³/mol. The van der Waals surface area contributed by atoms with Crippen molar-refractivity contribution in [2.24, 2.45) is 5.41 Å². The normalized spacial score (nSPS) is 13.0. The minimum atomic E-state index is -2.57. The molecule has 0 rings (SSSR count). The zero-order valence-electron chi connectivity index (χ0n) is 9.53. The number of hydrogen-bond acceptors (Lipinski definition) is 0. The molecule has 0 saturated heterocycles. The Labute approximate surface area is 84.9 Å². The summed E-state index contributed by atoms with van der Waals surface area (Å²) in [6.07, 6.45) is 0.468. The van der Waals surface area contributed by atoms with Gasteiger partial charge in [-0.25, -0.2) is 8.78 Å². The average Bonchev–Trinajstić information content (AvgIpc) is 2.02. The van der Waals surface area contributed by atoms with Crippen LogP contribution in [-0.2, 0) is 0 Å². The fourth-order valence-electron chi connectivity index (χ4n) is 1.07. The molecule has 0 amide bonds. The van der Waals surface area contributed by atoms with E-state index in [-0.39, 0.29) is 18.3 Å². The van der Waals surface area contributed by atoms with Crippen molar-refractivity contribution in [1.29, 1.82) is 0 Å². The van der Waals surface area contributed by atoms with E-state index in [4.69, 9.17) is 0 Å². The molecule has 0 aliphatic rings. The molecule has 0 aromatic heterocycles. The van der Waals surface area contributed by atoms with Gasteiger partial charge in [-0.05, 0) is 27.2 Å². The van der Waals surface area contributed by atoms with Gasteiger partial charge in [0.25, 0.3) is 5.78 Å². The Morgan fingerprint density at radius 1 is 1.21 bits per heavy atom. The van der Waals surface area contributed by atoms with Gasteiger partial charge >= 0.3 is 0 Å². The van der Waals surface area contributed by atoms with Crippen LogP contribution in [0.3, 0.4) is 0 Å². The molecule has 0 aromatic carbocycles. The van der Waals surface area contributed by atoms with Gasteiger partial charge in [-0.1, -0.05) is 6.92 Å². The lowest BCUT2D eigenvalue weighted by Gasteiger charge is -2.14. The zero-order chi connectivity index (χ0) is 11.4. The lowest BCUT2D eigenvalue weighted by molar-refractivity contribution is -0.0128. The highest BCUT2D eigenvalue weighted by atomic mass is 19.3. The molecular weight excluding hydrogens is 186 g/mol. The van der Waals surface area contributed by atoms with Crippen molar-refractivity contribution < 1.29 is 13.6 Å². The summed E-state index contributed by atoms with van der Waals surface area (Å²) in [4.78, 5) is 9.53. The number of carbonyl (C=O) groups excluding carboxylic acids is 1. The monoisotopic (exact) mass is 207 g/mol. The number of rotatable bonds is 5. The van der Waals surface area contributed by atoms with Crippen molar-refractivity contribution in [3.8, 4) is 0 Å². The van der Waals surface area contributed by atoms with Gasteiger partial charge in [0.05, 0.1) is 11.8 Å². The topological polar surface area (TPSA) is 21.4 Å². The standard InChI is InChI=1S/C11H20F2O/c1-5-11(12,13)8-6-7-9(14)10(2,3)4/h5-8H2,1-4H3/p+1. The summed E-state index contributed by atoms with van der Waals surface area (Å²) >= 11 is 0. The first kappa shape index (κ1) is 13.5. The van der Waals surface area contributed by atoms with Crippen LogP contribution in [0.25, 0.3) is 0 Å². The molecule has 3 heteroatoms. The SMILES string of the molecule is CCC(F)(F)CCCC(=[OH+])C(C)(C)C. The van der Waals surface area contributed by atoms with Crippen molar-refractivity contribution in [1.82, 2.24) is 0 Å². The van der Waals surface area contributed by atoms with Gasteiger partial charge in [0, 0.05) is 12.8 Å². The molecule has 1 nitrogen and oxygen atoms in total. The molecule has 0 aliphatic heterocycles. The average molecular weight is 207 g/mol. The lowest BCUT2D eigenvalue weighted by Crippen LogP contribution is -2.21. The van der Waals surface area contributed by atoms with Gasteiger partial charge in [0.2, 0.25) is 5.92 Å². The van der Waals surface area contributed by atoms with Gasteiger partial charge < -0.3 is 0 Å². The Morgan fingerprint density at radius 2 is 1.71 bits per heavy atom. The summed E-state index contributed by atoms with van der Waals surface area (Å²) in [5.41, 5.74) is -0.290. The van der Waals surface area contributed by atoms with E-state index in [9.17, 15) is 13.6 Å². The minimum absolute atomic E-state index is 0.122. The third kappa shape index (κ3) is 5.30. The highest BCUT2D eigenvalue weighted by molar-refractivity contribution is 5.84. The Balaban J connectivity index is 3.82. The smallest absolute Gasteiger partial charge is 0.283 e. The van der Waals surface area contributed by atoms with Crippen LogP contribution in [0.15, 0.2) is 0 Å². The van der Waals surface area contributed by atoms with Crippen LogP contribution >= 0.6 is 0 Å².